The highest BCUT2D eigenvalue weighted by molar-refractivity contribution is 5.58. The van der Waals surface area contributed by atoms with Gasteiger partial charge in [-0.3, -0.25) is 0 Å². The van der Waals surface area contributed by atoms with Gasteiger partial charge in [0.05, 0.1) is 0 Å². The molecule has 0 aromatic heterocycles. The first-order valence-electron chi connectivity index (χ1n) is 14.8. The Balaban J connectivity index is 1.41. The predicted molar refractivity (Wildman–Crippen MR) is 177 cm³/mol. The Labute approximate surface area is 270 Å². The number of benzene rings is 6. The van der Waals surface area contributed by atoms with E-state index in [1.807, 2.05) is 31.2 Å². The van der Waals surface area contributed by atoms with Crippen LogP contribution in [-0.2, 0) is 0 Å². The highest BCUT2D eigenvalue weighted by atomic mass is 16.5. The summed E-state index contributed by atoms with van der Waals surface area (Å²) in [6, 6.07) is 32.5. The second kappa shape index (κ2) is 12.6. The number of ether oxygens (including phenoxy) is 1. The molecule has 0 saturated heterocycles. The van der Waals surface area contributed by atoms with Crippen LogP contribution in [-0.4, -0.2) is 35.7 Å². The maximum atomic E-state index is 10.9. The second-order valence-electron chi connectivity index (χ2n) is 11.4. The van der Waals surface area contributed by atoms with Gasteiger partial charge in [0.25, 0.3) is 0 Å². The zero-order valence-electron chi connectivity index (χ0n) is 25.2. The van der Waals surface area contributed by atoms with Crippen LogP contribution in [0.5, 0.6) is 51.7 Å². The predicted octanol–water partition coefficient (Wildman–Crippen LogP) is 8.09. The van der Waals surface area contributed by atoms with Crippen LogP contribution in [0.3, 0.4) is 0 Å². The number of phenols is 7. The van der Waals surface area contributed by atoms with Crippen molar-refractivity contribution in [1.82, 2.24) is 0 Å². The third kappa shape index (κ3) is 6.43. The van der Waals surface area contributed by atoms with Crippen LogP contribution < -0.4 is 4.74 Å². The van der Waals surface area contributed by atoms with Gasteiger partial charge in [0.2, 0.25) is 0 Å². The second-order valence-corrected chi connectivity index (χ2v) is 11.4. The number of hydrogen-bond donors (Lipinski definition) is 7. The molecule has 0 aliphatic carbocycles. The molecule has 0 fully saturated rings. The lowest BCUT2D eigenvalue weighted by molar-refractivity contribution is 0.439. The number of rotatable bonds is 8. The van der Waals surface area contributed by atoms with Crippen molar-refractivity contribution in [2.24, 2.45) is 0 Å². The first-order chi connectivity index (χ1) is 22.6. The van der Waals surface area contributed by atoms with Crippen molar-refractivity contribution in [1.29, 1.82) is 0 Å². The minimum absolute atomic E-state index is 0.0244. The molecule has 0 bridgehead atoms. The molecule has 6 rings (SSSR count). The van der Waals surface area contributed by atoms with Crippen molar-refractivity contribution in [3.63, 3.8) is 0 Å². The monoisotopic (exact) mass is 628 g/mol. The summed E-state index contributed by atoms with van der Waals surface area (Å²) in [5.74, 6) is -1.22. The van der Waals surface area contributed by atoms with Crippen LogP contribution in [0.2, 0.25) is 0 Å². The topological polar surface area (TPSA) is 151 Å². The van der Waals surface area contributed by atoms with Gasteiger partial charge in [0, 0.05) is 58.4 Å². The summed E-state index contributed by atoms with van der Waals surface area (Å²) in [6.45, 7) is 1.98. The van der Waals surface area contributed by atoms with Gasteiger partial charge in [-0.25, -0.2) is 0 Å². The zero-order valence-corrected chi connectivity index (χ0v) is 25.2. The van der Waals surface area contributed by atoms with Crippen molar-refractivity contribution < 1.29 is 40.5 Å². The van der Waals surface area contributed by atoms with Gasteiger partial charge < -0.3 is 40.5 Å². The fraction of sp³-hybridized carbons (Fsp3) is 0.0769. The molecular formula is C39H32O8. The van der Waals surface area contributed by atoms with E-state index in [9.17, 15) is 35.7 Å². The molecule has 0 radical (unpaired) electrons. The van der Waals surface area contributed by atoms with Crippen molar-refractivity contribution in [3.8, 4) is 51.7 Å². The van der Waals surface area contributed by atoms with E-state index in [1.54, 1.807) is 54.6 Å². The molecule has 0 saturated carbocycles. The van der Waals surface area contributed by atoms with Crippen molar-refractivity contribution in [2.45, 2.75) is 18.8 Å². The number of aryl methyl sites for hydroxylation is 1. The first kappa shape index (κ1) is 30.7. The zero-order chi connectivity index (χ0) is 33.2. The van der Waals surface area contributed by atoms with Crippen LogP contribution in [0.1, 0.15) is 50.8 Å². The lowest BCUT2D eigenvalue weighted by Gasteiger charge is -2.24. The van der Waals surface area contributed by atoms with Crippen LogP contribution in [0.4, 0.5) is 0 Å². The van der Waals surface area contributed by atoms with Gasteiger partial charge in [-0.15, -0.1) is 0 Å². The molecule has 1 atom stereocenters. The van der Waals surface area contributed by atoms with Gasteiger partial charge >= 0.3 is 0 Å². The Bertz CT molecular complexity index is 2000. The van der Waals surface area contributed by atoms with Crippen LogP contribution in [0.15, 0.2) is 121 Å². The van der Waals surface area contributed by atoms with Crippen molar-refractivity contribution in [3.05, 3.63) is 160 Å². The molecular weight excluding hydrogens is 596 g/mol. The first-order valence-corrected chi connectivity index (χ1v) is 14.8. The molecule has 7 N–H and O–H groups in total. The SMILES string of the molecule is Cc1ccc(C(c2ccc(O)cc2O)c2ccc(O)cc2Oc2ccc(C(c3ccc(O)cc3O)c3ccc(O)cc3O)cc2)cc1. The normalized spacial score (nSPS) is 11.8. The van der Waals surface area contributed by atoms with E-state index >= 15 is 0 Å². The quantitative estimate of drug-likeness (QED) is 0.0836. The van der Waals surface area contributed by atoms with E-state index in [0.717, 1.165) is 11.1 Å². The number of hydrogen-bond acceptors (Lipinski definition) is 8. The molecule has 8 heteroatoms. The lowest BCUT2D eigenvalue weighted by atomic mass is 9.83. The standard InChI is InChI=1S/C39H32O8/c1-22-2-4-23(5-3-22)39(32-16-10-27(42)20-36(32)46)33-17-11-28(43)21-37(33)47-29-12-6-24(7-13-29)38(30-14-8-25(40)18-34(30)44)31-15-9-26(41)19-35(31)45/h2-21,38-46H,1H3. The van der Waals surface area contributed by atoms with E-state index in [1.165, 1.54) is 42.5 Å². The number of phenolic OH excluding ortho intramolecular Hbond substituents is 7. The Morgan fingerprint density at radius 3 is 1.19 bits per heavy atom. The summed E-state index contributed by atoms with van der Waals surface area (Å²) in [7, 11) is 0. The molecule has 6 aromatic rings. The molecule has 236 valence electrons. The summed E-state index contributed by atoms with van der Waals surface area (Å²) >= 11 is 0. The summed E-state index contributed by atoms with van der Waals surface area (Å²) in [5.41, 5.74) is 4.60. The fourth-order valence-electron chi connectivity index (χ4n) is 5.85. The van der Waals surface area contributed by atoms with E-state index in [4.69, 9.17) is 4.74 Å². The summed E-state index contributed by atoms with van der Waals surface area (Å²) in [5, 5.41) is 72.7. The molecule has 0 spiro atoms. The largest absolute Gasteiger partial charge is 0.508 e. The minimum atomic E-state index is -0.676. The van der Waals surface area contributed by atoms with Gasteiger partial charge in [-0.1, -0.05) is 66.2 Å². The van der Waals surface area contributed by atoms with Crippen LogP contribution in [0.25, 0.3) is 0 Å². The molecule has 8 nitrogen and oxygen atoms in total. The fourth-order valence-corrected chi connectivity index (χ4v) is 5.85. The summed E-state index contributed by atoms with van der Waals surface area (Å²) in [4.78, 5) is 0. The molecule has 0 amide bonds. The highest BCUT2D eigenvalue weighted by Crippen LogP contribution is 2.45. The Morgan fingerprint density at radius 1 is 0.404 bits per heavy atom. The molecule has 1 unspecified atom stereocenters. The highest BCUT2D eigenvalue weighted by Gasteiger charge is 2.26. The summed E-state index contributed by atoms with van der Waals surface area (Å²) < 4.78 is 6.37. The van der Waals surface area contributed by atoms with Crippen molar-refractivity contribution >= 4 is 0 Å². The summed E-state index contributed by atoms with van der Waals surface area (Å²) in [6.07, 6.45) is 0. The van der Waals surface area contributed by atoms with Crippen LogP contribution >= 0.6 is 0 Å². The molecule has 0 heterocycles. The molecule has 47 heavy (non-hydrogen) atoms. The molecule has 6 aromatic carbocycles. The van der Waals surface area contributed by atoms with Gasteiger partial charge in [0.1, 0.15) is 51.7 Å². The number of aromatic hydroxyl groups is 7. The average Bonchev–Trinajstić information content (AvgIpc) is 3.03. The Hall–Kier alpha value is -6.28. The van der Waals surface area contributed by atoms with E-state index < -0.39 is 11.8 Å². The van der Waals surface area contributed by atoms with Gasteiger partial charge in [0.15, 0.2) is 0 Å². The van der Waals surface area contributed by atoms with Gasteiger partial charge in [-0.05, 0) is 54.4 Å². The van der Waals surface area contributed by atoms with E-state index in [-0.39, 0.29) is 40.2 Å². The van der Waals surface area contributed by atoms with Gasteiger partial charge in [-0.2, -0.15) is 0 Å². The Morgan fingerprint density at radius 2 is 0.766 bits per heavy atom. The lowest BCUT2D eigenvalue weighted by Crippen LogP contribution is -2.06. The van der Waals surface area contributed by atoms with Crippen LogP contribution in [0, 0.1) is 6.92 Å². The average molecular weight is 629 g/mol. The Kier molecular flexibility index (Phi) is 8.25. The maximum absolute atomic E-state index is 10.9. The van der Waals surface area contributed by atoms with Crippen molar-refractivity contribution in [2.75, 3.05) is 0 Å². The molecule has 0 aliphatic heterocycles. The molecule has 0 aliphatic rings. The van der Waals surface area contributed by atoms with E-state index in [2.05, 4.69) is 0 Å². The maximum Gasteiger partial charge on any atom is 0.135 e. The van der Waals surface area contributed by atoms with E-state index in [0.29, 0.717) is 39.3 Å². The smallest absolute Gasteiger partial charge is 0.135 e. The third-order valence-electron chi connectivity index (χ3n) is 8.14. The minimum Gasteiger partial charge on any atom is -0.508 e. The third-order valence-corrected chi connectivity index (χ3v) is 8.14.